The van der Waals surface area contributed by atoms with E-state index >= 15 is 0 Å². The van der Waals surface area contributed by atoms with Crippen LogP contribution in [0.1, 0.15) is 0 Å². The molecule has 0 saturated carbocycles. The minimum absolute atomic E-state index is 0.654. The zero-order valence-corrected chi connectivity index (χ0v) is 8.62. The van der Waals surface area contributed by atoms with E-state index in [1.807, 2.05) is 35.7 Å². The number of benzene rings is 1. The topological polar surface area (TPSA) is 37.9 Å². The maximum atomic E-state index is 5.56. The summed E-state index contributed by atoms with van der Waals surface area (Å²) in [6, 6.07) is 10.0. The van der Waals surface area contributed by atoms with Crippen molar-refractivity contribution in [3.63, 3.8) is 0 Å². The highest BCUT2D eigenvalue weighted by Gasteiger charge is 2.03. The summed E-state index contributed by atoms with van der Waals surface area (Å²) in [6.07, 6.45) is 1.72. The summed E-state index contributed by atoms with van der Waals surface area (Å²) in [5, 5.41) is 3.68. The lowest BCUT2D eigenvalue weighted by molar-refractivity contribution is 0.464. The average Bonchev–Trinajstić information content (AvgIpc) is 2.86. The van der Waals surface area contributed by atoms with E-state index < -0.39 is 0 Å². The van der Waals surface area contributed by atoms with Gasteiger partial charge in [0.2, 0.25) is 5.88 Å². The SMILES string of the molecule is c1ccc2[nH]c(Oc3nccs3)cc2c1. The zero-order chi connectivity index (χ0) is 10.1. The smallest absolute Gasteiger partial charge is 0.279 e. The highest BCUT2D eigenvalue weighted by atomic mass is 32.1. The Morgan fingerprint density at radius 3 is 3.00 bits per heavy atom. The molecule has 3 aromatic rings. The number of nitrogens with zero attached hydrogens (tertiary/aromatic N) is 1. The predicted molar refractivity (Wildman–Crippen MR) is 60.5 cm³/mol. The van der Waals surface area contributed by atoms with Gasteiger partial charge in [0.05, 0.1) is 0 Å². The molecule has 4 heteroatoms. The first-order valence-corrected chi connectivity index (χ1v) is 5.45. The van der Waals surface area contributed by atoms with E-state index in [0.717, 1.165) is 16.8 Å². The molecule has 0 spiro atoms. The Balaban J connectivity index is 1.98. The van der Waals surface area contributed by atoms with Gasteiger partial charge >= 0.3 is 0 Å². The summed E-state index contributed by atoms with van der Waals surface area (Å²) in [7, 11) is 0. The molecule has 3 nitrogen and oxygen atoms in total. The fourth-order valence-corrected chi connectivity index (χ4v) is 1.95. The van der Waals surface area contributed by atoms with Gasteiger partial charge in [0.15, 0.2) is 0 Å². The first-order chi connectivity index (χ1) is 7.42. The molecule has 0 aliphatic heterocycles. The van der Waals surface area contributed by atoms with Crippen LogP contribution in [0.25, 0.3) is 10.9 Å². The van der Waals surface area contributed by atoms with Crippen molar-refractivity contribution >= 4 is 22.2 Å². The van der Waals surface area contributed by atoms with Crippen LogP contribution in [0.4, 0.5) is 0 Å². The molecule has 0 aliphatic rings. The molecule has 0 saturated heterocycles. The molecule has 0 radical (unpaired) electrons. The van der Waals surface area contributed by atoms with Gasteiger partial charge < -0.3 is 9.72 Å². The number of hydrogen-bond acceptors (Lipinski definition) is 3. The van der Waals surface area contributed by atoms with Crippen molar-refractivity contribution < 1.29 is 4.74 Å². The van der Waals surface area contributed by atoms with Gasteiger partial charge in [-0.15, -0.1) is 0 Å². The van der Waals surface area contributed by atoms with E-state index in [2.05, 4.69) is 9.97 Å². The number of para-hydroxylation sites is 1. The zero-order valence-electron chi connectivity index (χ0n) is 7.81. The third-order valence-electron chi connectivity index (χ3n) is 2.11. The number of nitrogens with one attached hydrogen (secondary N) is 1. The van der Waals surface area contributed by atoms with Crippen molar-refractivity contribution in [1.82, 2.24) is 9.97 Å². The van der Waals surface area contributed by atoms with Gasteiger partial charge in [0.1, 0.15) is 0 Å². The van der Waals surface area contributed by atoms with Crippen LogP contribution in [-0.4, -0.2) is 9.97 Å². The van der Waals surface area contributed by atoms with Gasteiger partial charge in [0, 0.05) is 28.5 Å². The van der Waals surface area contributed by atoms with Crippen LogP contribution in [0, 0.1) is 0 Å². The van der Waals surface area contributed by atoms with Crippen LogP contribution in [0.15, 0.2) is 41.9 Å². The quantitative estimate of drug-likeness (QED) is 0.712. The Morgan fingerprint density at radius 2 is 2.20 bits per heavy atom. The molecule has 0 amide bonds. The van der Waals surface area contributed by atoms with E-state index in [1.165, 1.54) is 11.3 Å². The van der Waals surface area contributed by atoms with Gasteiger partial charge in [-0.05, 0) is 6.07 Å². The number of hydrogen-bond donors (Lipinski definition) is 1. The van der Waals surface area contributed by atoms with Crippen LogP contribution in [0.3, 0.4) is 0 Å². The van der Waals surface area contributed by atoms with Crippen LogP contribution in [0.2, 0.25) is 0 Å². The Hall–Kier alpha value is -1.81. The van der Waals surface area contributed by atoms with Gasteiger partial charge in [-0.1, -0.05) is 29.5 Å². The molecule has 2 aromatic heterocycles. The van der Waals surface area contributed by atoms with Crippen molar-refractivity contribution in [1.29, 1.82) is 0 Å². The first-order valence-electron chi connectivity index (χ1n) is 4.57. The molecule has 0 unspecified atom stereocenters. The van der Waals surface area contributed by atoms with E-state index in [0.29, 0.717) is 5.19 Å². The molecule has 0 aliphatic carbocycles. The van der Waals surface area contributed by atoms with Gasteiger partial charge in [-0.2, -0.15) is 0 Å². The highest BCUT2D eigenvalue weighted by molar-refractivity contribution is 7.11. The highest BCUT2D eigenvalue weighted by Crippen LogP contribution is 2.26. The van der Waals surface area contributed by atoms with Crippen molar-refractivity contribution in [2.24, 2.45) is 0 Å². The molecule has 74 valence electrons. The summed E-state index contributed by atoms with van der Waals surface area (Å²) in [4.78, 5) is 7.24. The molecular weight excluding hydrogens is 208 g/mol. The summed E-state index contributed by atoms with van der Waals surface area (Å²) in [5.41, 5.74) is 1.07. The molecule has 1 N–H and O–H groups in total. The fourth-order valence-electron chi connectivity index (χ4n) is 1.46. The molecule has 2 heterocycles. The van der Waals surface area contributed by atoms with Crippen molar-refractivity contribution in [2.45, 2.75) is 0 Å². The minimum atomic E-state index is 0.654. The summed E-state index contributed by atoms with van der Waals surface area (Å²) < 4.78 is 5.56. The number of aromatic nitrogens is 2. The van der Waals surface area contributed by atoms with Crippen molar-refractivity contribution in [3.05, 3.63) is 41.9 Å². The monoisotopic (exact) mass is 216 g/mol. The summed E-state index contributed by atoms with van der Waals surface area (Å²) in [6.45, 7) is 0. The van der Waals surface area contributed by atoms with E-state index in [9.17, 15) is 0 Å². The molecule has 1 aromatic carbocycles. The number of thiazole rings is 1. The Labute approximate surface area is 90.4 Å². The third-order valence-corrected chi connectivity index (χ3v) is 2.76. The minimum Gasteiger partial charge on any atom is -0.414 e. The molecule has 15 heavy (non-hydrogen) atoms. The Morgan fingerprint density at radius 1 is 1.27 bits per heavy atom. The lowest BCUT2D eigenvalue weighted by atomic mass is 10.3. The number of ether oxygens (including phenoxy) is 1. The molecule has 0 fully saturated rings. The molecule has 0 atom stereocenters. The lowest BCUT2D eigenvalue weighted by Gasteiger charge is -1.95. The van der Waals surface area contributed by atoms with Gasteiger partial charge in [0.25, 0.3) is 5.19 Å². The lowest BCUT2D eigenvalue weighted by Crippen LogP contribution is -1.81. The number of rotatable bonds is 2. The predicted octanol–water partition coefficient (Wildman–Crippen LogP) is 3.42. The molecular formula is C11H8N2OS. The second-order valence-corrected chi connectivity index (χ2v) is 3.98. The second kappa shape index (κ2) is 3.40. The normalized spacial score (nSPS) is 10.7. The summed E-state index contributed by atoms with van der Waals surface area (Å²) >= 11 is 1.47. The Kier molecular flexibility index (Phi) is 1.93. The third kappa shape index (κ3) is 1.59. The van der Waals surface area contributed by atoms with Crippen LogP contribution in [0.5, 0.6) is 11.1 Å². The van der Waals surface area contributed by atoms with Gasteiger partial charge in [-0.25, -0.2) is 4.98 Å². The van der Waals surface area contributed by atoms with Crippen LogP contribution in [-0.2, 0) is 0 Å². The van der Waals surface area contributed by atoms with Crippen molar-refractivity contribution in [2.75, 3.05) is 0 Å². The molecule has 0 bridgehead atoms. The van der Waals surface area contributed by atoms with E-state index in [-0.39, 0.29) is 0 Å². The second-order valence-electron chi connectivity index (χ2n) is 3.12. The molecule has 3 rings (SSSR count). The fraction of sp³-hybridized carbons (Fsp3) is 0. The van der Waals surface area contributed by atoms with Crippen LogP contribution >= 0.6 is 11.3 Å². The standard InChI is InChI=1S/C11H8N2OS/c1-2-4-9-8(3-1)7-10(13-9)14-11-12-5-6-15-11/h1-7,13H. The number of fused-ring (bicyclic) bond motifs is 1. The van der Waals surface area contributed by atoms with E-state index in [1.54, 1.807) is 6.20 Å². The maximum Gasteiger partial charge on any atom is 0.279 e. The van der Waals surface area contributed by atoms with E-state index in [4.69, 9.17) is 4.74 Å². The van der Waals surface area contributed by atoms with Gasteiger partial charge in [-0.3, -0.25) is 0 Å². The summed E-state index contributed by atoms with van der Waals surface area (Å²) in [5.74, 6) is 0.728. The average molecular weight is 216 g/mol. The maximum absolute atomic E-state index is 5.56. The first kappa shape index (κ1) is 8.49. The number of H-pyrrole nitrogens is 1. The Bertz CT molecular complexity index is 538. The van der Waals surface area contributed by atoms with Crippen LogP contribution < -0.4 is 4.74 Å². The largest absolute Gasteiger partial charge is 0.414 e. The number of aromatic amines is 1. The van der Waals surface area contributed by atoms with Crippen molar-refractivity contribution in [3.8, 4) is 11.1 Å².